The van der Waals surface area contributed by atoms with Gasteiger partial charge in [-0.3, -0.25) is 4.90 Å². The maximum Gasteiger partial charge on any atom is 0.226 e. The SMILES string of the molecule is CCN(CC)C1CCN(c2nc(Cl)nc3nc[nH]c23)C1. The van der Waals surface area contributed by atoms with Crippen LogP contribution in [0.15, 0.2) is 6.33 Å². The van der Waals surface area contributed by atoms with E-state index in [-0.39, 0.29) is 5.28 Å². The number of nitrogens with zero attached hydrogens (tertiary/aromatic N) is 5. The smallest absolute Gasteiger partial charge is 0.226 e. The Balaban J connectivity index is 1.87. The number of hydrogen-bond acceptors (Lipinski definition) is 5. The third-order valence-electron chi connectivity index (χ3n) is 4.03. The van der Waals surface area contributed by atoms with Gasteiger partial charge in [-0.1, -0.05) is 13.8 Å². The van der Waals surface area contributed by atoms with Crippen molar-refractivity contribution >= 4 is 28.6 Å². The van der Waals surface area contributed by atoms with Crippen LogP contribution >= 0.6 is 11.6 Å². The molecule has 0 saturated carbocycles. The molecule has 0 radical (unpaired) electrons. The van der Waals surface area contributed by atoms with E-state index in [4.69, 9.17) is 11.6 Å². The van der Waals surface area contributed by atoms with Crippen LogP contribution in [0.5, 0.6) is 0 Å². The summed E-state index contributed by atoms with van der Waals surface area (Å²) in [4.78, 5) is 20.6. The zero-order valence-electron chi connectivity index (χ0n) is 11.8. The highest BCUT2D eigenvalue weighted by molar-refractivity contribution is 6.28. The minimum atomic E-state index is 0.255. The average molecular weight is 295 g/mol. The van der Waals surface area contributed by atoms with Crippen LogP contribution in [-0.4, -0.2) is 57.1 Å². The highest BCUT2D eigenvalue weighted by Gasteiger charge is 2.28. The molecule has 1 N–H and O–H groups in total. The molecule has 7 heteroatoms. The van der Waals surface area contributed by atoms with Gasteiger partial charge in [0.2, 0.25) is 5.28 Å². The van der Waals surface area contributed by atoms with E-state index >= 15 is 0 Å². The van der Waals surface area contributed by atoms with Crippen LogP contribution < -0.4 is 4.90 Å². The molecule has 1 fully saturated rings. The minimum Gasteiger partial charge on any atom is -0.353 e. The summed E-state index contributed by atoms with van der Waals surface area (Å²) in [6.07, 6.45) is 2.79. The van der Waals surface area contributed by atoms with Gasteiger partial charge in [-0.25, -0.2) is 4.98 Å². The predicted molar refractivity (Wildman–Crippen MR) is 80.2 cm³/mol. The first-order chi connectivity index (χ1) is 9.72. The first-order valence-electron chi connectivity index (χ1n) is 7.08. The fourth-order valence-corrected chi connectivity index (χ4v) is 3.15. The topological polar surface area (TPSA) is 60.9 Å². The molecule has 20 heavy (non-hydrogen) atoms. The molecule has 0 aromatic carbocycles. The fraction of sp³-hybridized carbons (Fsp3) is 0.615. The van der Waals surface area contributed by atoms with Gasteiger partial charge in [-0.15, -0.1) is 0 Å². The molecule has 2 aromatic heterocycles. The van der Waals surface area contributed by atoms with Crippen molar-refractivity contribution in [3.63, 3.8) is 0 Å². The first-order valence-corrected chi connectivity index (χ1v) is 7.46. The summed E-state index contributed by atoms with van der Waals surface area (Å²) < 4.78 is 0. The van der Waals surface area contributed by atoms with Crippen LogP contribution in [0.2, 0.25) is 5.28 Å². The third-order valence-corrected chi connectivity index (χ3v) is 4.20. The van der Waals surface area contributed by atoms with E-state index < -0.39 is 0 Å². The lowest BCUT2D eigenvalue weighted by atomic mass is 10.2. The van der Waals surface area contributed by atoms with Crippen LogP contribution in [-0.2, 0) is 0 Å². The lowest BCUT2D eigenvalue weighted by Crippen LogP contribution is -2.37. The van der Waals surface area contributed by atoms with Crippen molar-refractivity contribution in [1.29, 1.82) is 0 Å². The molecule has 1 unspecified atom stereocenters. The van der Waals surface area contributed by atoms with Crippen LogP contribution in [0, 0.1) is 0 Å². The number of hydrogen-bond donors (Lipinski definition) is 1. The number of aromatic amines is 1. The molecule has 3 heterocycles. The molecule has 2 aromatic rings. The van der Waals surface area contributed by atoms with Crippen molar-refractivity contribution in [1.82, 2.24) is 24.8 Å². The summed E-state index contributed by atoms with van der Waals surface area (Å²) in [5, 5.41) is 0.255. The quantitative estimate of drug-likeness (QED) is 0.873. The van der Waals surface area contributed by atoms with E-state index in [1.54, 1.807) is 6.33 Å². The maximum atomic E-state index is 6.00. The molecular weight excluding hydrogens is 276 g/mol. The second kappa shape index (κ2) is 5.54. The van der Waals surface area contributed by atoms with Crippen LogP contribution in [0.25, 0.3) is 11.2 Å². The van der Waals surface area contributed by atoms with Gasteiger partial charge >= 0.3 is 0 Å². The van der Waals surface area contributed by atoms with E-state index in [9.17, 15) is 0 Å². The van der Waals surface area contributed by atoms with Crippen molar-refractivity contribution in [2.45, 2.75) is 26.3 Å². The molecule has 108 valence electrons. The Hall–Kier alpha value is -1.40. The number of halogens is 1. The monoisotopic (exact) mass is 294 g/mol. The number of nitrogens with one attached hydrogen (secondary N) is 1. The van der Waals surface area contributed by atoms with Crippen molar-refractivity contribution < 1.29 is 0 Å². The van der Waals surface area contributed by atoms with E-state index in [1.807, 2.05) is 0 Å². The lowest BCUT2D eigenvalue weighted by Gasteiger charge is -2.26. The summed E-state index contributed by atoms with van der Waals surface area (Å²) in [7, 11) is 0. The van der Waals surface area contributed by atoms with Gasteiger partial charge in [-0.05, 0) is 31.1 Å². The first kappa shape index (κ1) is 13.6. The Morgan fingerprint density at radius 2 is 2.20 bits per heavy atom. The van der Waals surface area contributed by atoms with Crippen LogP contribution in [0.4, 0.5) is 5.82 Å². The van der Waals surface area contributed by atoms with Gasteiger partial charge in [0.15, 0.2) is 11.5 Å². The van der Waals surface area contributed by atoms with Crippen LogP contribution in [0.3, 0.4) is 0 Å². The van der Waals surface area contributed by atoms with Gasteiger partial charge in [0.25, 0.3) is 0 Å². The van der Waals surface area contributed by atoms with Gasteiger partial charge < -0.3 is 9.88 Å². The van der Waals surface area contributed by atoms with Crippen molar-refractivity contribution in [2.24, 2.45) is 0 Å². The zero-order chi connectivity index (χ0) is 14.1. The van der Waals surface area contributed by atoms with E-state index in [1.165, 1.54) is 0 Å². The van der Waals surface area contributed by atoms with E-state index in [0.29, 0.717) is 11.7 Å². The molecule has 3 rings (SSSR count). The Labute approximate surface area is 123 Å². The molecule has 6 nitrogen and oxygen atoms in total. The van der Waals surface area contributed by atoms with E-state index in [0.717, 1.165) is 43.9 Å². The van der Waals surface area contributed by atoms with Crippen molar-refractivity contribution in [3.05, 3.63) is 11.6 Å². The molecule has 0 bridgehead atoms. The second-order valence-corrected chi connectivity index (χ2v) is 5.37. The summed E-state index contributed by atoms with van der Waals surface area (Å²) in [5.41, 5.74) is 1.50. The normalized spacial score (nSPS) is 19.4. The number of fused-ring (bicyclic) bond motifs is 1. The molecule has 1 aliphatic rings. The summed E-state index contributed by atoms with van der Waals surface area (Å²) in [6, 6.07) is 0.580. The van der Waals surface area contributed by atoms with Crippen LogP contribution in [0.1, 0.15) is 20.3 Å². The number of likely N-dealkylation sites (N-methyl/N-ethyl adjacent to an activating group) is 1. The lowest BCUT2D eigenvalue weighted by molar-refractivity contribution is 0.232. The Morgan fingerprint density at radius 3 is 2.95 bits per heavy atom. The summed E-state index contributed by atoms with van der Waals surface area (Å²) >= 11 is 6.00. The molecule has 1 atom stereocenters. The maximum absolute atomic E-state index is 6.00. The molecule has 0 amide bonds. The highest BCUT2D eigenvalue weighted by Crippen LogP contribution is 2.27. The van der Waals surface area contributed by atoms with Gasteiger partial charge in [-0.2, -0.15) is 9.97 Å². The molecule has 1 aliphatic heterocycles. The van der Waals surface area contributed by atoms with Gasteiger partial charge in [0, 0.05) is 19.1 Å². The van der Waals surface area contributed by atoms with Crippen molar-refractivity contribution in [3.8, 4) is 0 Å². The molecular formula is C13H19ClN6. The Morgan fingerprint density at radius 1 is 1.40 bits per heavy atom. The number of rotatable bonds is 4. The predicted octanol–water partition coefficient (Wildman–Crippen LogP) is 1.93. The van der Waals surface area contributed by atoms with Crippen molar-refractivity contribution in [2.75, 3.05) is 31.1 Å². The summed E-state index contributed by atoms with van der Waals surface area (Å²) in [5.74, 6) is 0.868. The van der Waals surface area contributed by atoms with E-state index in [2.05, 4.69) is 43.6 Å². The number of anilines is 1. The zero-order valence-corrected chi connectivity index (χ0v) is 12.6. The fourth-order valence-electron chi connectivity index (χ4n) is 2.99. The van der Waals surface area contributed by atoms with Gasteiger partial charge in [0.05, 0.1) is 6.33 Å². The minimum absolute atomic E-state index is 0.255. The Kier molecular flexibility index (Phi) is 3.76. The van der Waals surface area contributed by atoms with Gasteiger partial charge in [0.1, 0.15) is 5.52 Å². The largest absolute Gasteiger partial charge is 0.353 e. The Bertz CT molecular complexity index is 594. The standard InChI is InChI=1S/C13H19ClN6/c1-3-19(4-2)9-5-6-20(7-9)12-10-11(16-8-15-10)17-13(14)18-12/h8-9H,3-7H2,1-2H3,(H,15,16,17,18). The second-order valence-electron chi connectivity index (χ2n) is 5.03. The number of aromatic nitrogens is 4. The molecule has 0 aliphatic carbocycles. The third kappa shape index (κ3) is 2.33. The molecule has 0 spiro atoms. The number of imidazole rings is 1. The summed E-state index contributed by atoms with van der Waals surface area (Å²) in [6.45, 7) is 8.55. The number of H-pyrrole nitrogens is 1. The average Bonchev–Trinajstić information content (AvgIpc) is 3.08. The molecule has 1 saturated heterocycles. The highest BCUT2D eigenvalue weighted by atomic mass is 35.5.